The molecule has 5 nitrogen and oxygen atoms in total. The quantitative estimate of drug-likeness (QED) is 0.662. The fourth-order valence-electron chi connectivity index (χ4n) is 3.20. The number of rotatable bonds is 5. The zero-order valence-electron chi connectivity index (χ0n) is 11.9. The van der Waals surface area contributed by atoms with Gasteiger partial charge in [0.1, 0.15) is 0 Å². The standard InChI is InChI=1S/C16H19N3O2/c20-19(21)16-6-5-15(13-8-9-17-11-14(13)16)18-10-7-12-3-1-2-4-12/h5-6,8-9,11-12,18H,1-4,7,10H2. The van der Waals surface area contributed by atoms with Gasteiger partial charge >= 0.3 is 0 Å². The molecule has 2 aromatic rings. The Hall–Kier alpha value is -2.17. The second-order valence-corrected chi connectivity index (χ2v) is 5.68. The molecule has 21 heavy (non-hydrogen) atoms. The third-order valence-electron chi connectivity index (χ3n) is 4.33. The van der Waals surface area contributed by atoms with Crippen LogP contribution in [0.1, 0.15) is 32.1 Å². The highest BCUT2D eigenvalue weighted by molar-refractivity contribution is 5.99. The molecular formula is C16H19N3O2. The van der Waals surface area contributed by atoms with Crippen molar-refractivity contribution < 1.29 is 4.92 Å². The van der Waals surface area contributed by atoms with Gasteiger partial charge in [-0.15, -0.1) is 0 Å². The van der Waals surface area contributed by atoms with E-state index in [9.17, 15) is 10.1 Å². The lowest BCUT2D eigenvalue weighted by atomic mass is 10.0. The van der Waals surface area contributed by atoms with Crippen LogP contribution >= 0.6 is 0 Å². The molecule has 0 amide bonds. The summed E-state index contributed by atoms with van der Waals surface area (Å²) in [6, 6.07) is 5.19. The third kappa shape index (κ3) is 2.96. The fourth-order valence-corrected chi connectivity index (χ4v) is 3.20. The largest absolute Gasteiger partial charge is 0.385 e. The summed E-state index contributed by atoms with van der Waals surface area (Å²) in [4.78, 5) is 14.7. The predicted molar refractivity (Wildman–Crippen MR) is 83.5 cm³/mol. The zero-order chi connectivity index (χ0) is 14.7. The Kier molecular flexibility index (Phi) is 3.99. The number of benzene rings is 1. The first kappa shape index (κ1) is 13.8. The van der Waals surface area contributed by atoms with Gasteiger partial charge in [0.15, 0.2) is 0 Å². The molecule has 1 aromatic carbocycles. The van der Waals surface area contributed by atoms with E-state index in [-0.39, 0.29) is 10.6 Å². The summed E-state index contributed by atoms with van der Waals surface area (Å²) in [5, 5.41) is 16.0. The lowest BCUT2D eigenvalue weighted by Crippen LogP contribution is -2.07. The lowest BCUT2D eigenvalue weighted by molar-refractivity contribution is -0.383. The van der Waals surface area contributed by atoms with E-state index in [1.54, 1.807) is 24.5 Å². The first-order valence-electron chi connectivity index (χ1n) is 7.50. The Morgan fingerprint density at radius 3 is 2.81 bits per heavy atom. The second-order valence-electron chi connectivity index (χ2n) is 5.68. The van der Waals surface area contributed by atoms with E-state index in [1.165, 1.54) is 32.1 Å². The van der Waals surface area contributed by atoms with Crippen LogP contribution in [0, 0.1) is 16.0 Å². The molecule has 1 saturated carbocycles. The average Bonchev–Trinajstić information content (AvgIpc) is 3.00. The summed E-state index contributed by atoms with van der Waals surface area (Å²) in [5.74, 6) is 0.837. The van der Waals surface area contributed by atoms with Crippen molar-refractivity contribution in [1.82, 2.24) is 4.98 Å². The van der Waals surface area contributed by atoms with Gasteiger partial charge in [-0.25, -0.2) is 0 Å². The summed E-state index contributed by atoms with van der Waals surface area (Å²) in [6.45, 7) is 0.917. The van der Waals surface area contributed by atoms with Gasteiger partial charge in [0.05, 0.1) is 10.3 Å². The molecule has 5 heteroatoms. The van der Waals surface area contributed by atoms with Crippen molar-refractivity contribution in [3.05, 3.63) is 40.7 Å². The van der Waals surface area contributed by atoms with Crippen LogP contribution < -0.4 is 5.32 Å². The van der Waals surface area contributed by atoms with Crippen molar-refractivity contribution in [2.45, 2.75) is 32.1 Å². The summed E-state index contributed by atoms with van der Waals surface area (Å²) < 4.78 is 0. The predicted octanol–water partition coefficient (Wildman–Crippen LogP) is 4.14. The Labute approximate surface area is 123 Å². The Morgan fingerprint density at radius 2 is 2.05 bits per heavy atom. The number of nitrogens with zero attached hydrogens (tertiary/aromatic N) is 2. The van der Waals surface area contributed by atoms with Crippen molar-refractivity contribution in [1.29, 1.82) is 0 Å². The summed E-state index contributed by atoms with van der Waals surface area (Å²) in [7, 11) is 0. The number of nitro benzene ring substituents is 1. The highest BCUT2D eigenvalue weighted by Gasteiger charge is 2.16. The van der Waals surface area contributed by atoms with Gasteiger partial charge < -0.3 is 5.32 Å². The minimum atomic E-state index is -0.355. The smallest absolute Gasteiger partial charge is 0.278 e. The highest BCUT2D eigenvalue weighted by atomic mass is 16.6. The van der Waals surface area contributed by atoms with E-state index < -0.39 is 0 Å². The van der Waals surface area contributed by atoms with Gasteiger partial charge in [-0.3, -0.25) is 15.1 Å². The molecule has 3 rings (SSSR count). The van der Waals surface area contributed by atoms with Crippen molar-refractivity contribution in [3.63, 3.8) is 0 Å². The van der Waals surface area contributed by atoms with E-state index in [0.29, 0.717) is 5.39 Å². The molecular weight excluding hydrogens is 266 g/mol. The van der Waals surface area contributed by atoms with Gasteiger partial charge in [0, 0.05) is 36.1 Å². The normalized spacial score (nSPS) is 15.4. The van der Waals surface area contributed by atoms with Crippen LogP contribution in [0.5, 0.6) is 0 Å². The van der Waals surface area contributed by atoms with E-state index in [4.69, 9.17) is 0 Å². The SMILES string of the molecule is O=[N+]([O-])c1ccc(NCCC2CCCC2)c2ccncc12. The number of hydrogen-bond donors (Lipinski definition) is 1. The van der Waals surface area contributed by atoms with Crippen LogP contribution in [-0.4, -0.2) is 16.5 Å². The molecule has 1 aliphatic rings. The maximum Gasteiger partial charge on any atom is 0.278 e. The van der Waals surface area contributed by atoms with Crippen molar-refractivity contribution >= 4 is 22.1 Å². The van der Waals surface area contributed by atoms with E-state index in [2.05, 4.69) is 10.3 Å². The molecule has 1 fully saturated rings. The van der Waals surface area contributed by atoms with Crippen LogP contribution in [0.25, 0.3) is 10.8 Å². The van der Waals surface area contributed by atoms with Crippen LogP contribution in [0.15, 0.2) is 30.6 Å². The number of hydrogen-bond acceptors (Lipinski definition) is 4. The number of aromatic nitrogens is 1. The maximum absolute atomic E-state index is 11.1. The van der Waals surface area contributed by atoms with E-state index in [0.717, 1.165) is 23.5 Å². The summed E-state index contributed by atoms with van der Waals surface area (Å²) in [5.41, 5.74) is 1.07. The number of fused-ring (bicyclic) bond motifs is 1. The van der Waals surface area contributed by atoms with Crippen LogP contribution in [0.3, 0.4) is 0 Å². The molecule has 1 heterocycles. The number of anilines is 1. The molecule has 0 spiro atoms. The molecule has 1 aliphatic carbocycles. The van der Waals surface area contributed by atoms with E-state index >= 15 is 0 Å². The topological polar surface area (TPSA) is 68.1 Å². The van der Waals surface area contributed by atoms with Gasteiger partial charge in [-0.2, -0.15) is 0 Å². The fraction of sp³-hybridized carbons (Fsp3) is 0.438. The van der Waals surface area contributed by atoms with Crippen LogP contribution in [-0.2, 0) is 0 Å². The maximum atomic E-state index is 11.1. The first-order chi connectivity index (χ1) is 10.3. The lowest BCUT2D eigenvalue weighted by Gasteiger charge is -2.12. The highest BCUT2D eigenvalue weighted by Crippen LogP contribution is 2.31. The molecule has 110 valence electrons. The van der Waals surface area contributed by atoms with Crippen LogP contribution in [0.2, 0.25) is 0 Å². The first-order valence-corrected chi connectivity index (χ1v) is 7.50. The van der Waals surface area contributed by atoms with Gasteiger partial charge in [0.2, 0.25) is 0 Å². The van der Waals surface area contributed by atoms with Crippen molar-refractivity contribution in [2.24, 2.45) is 5.92 Å². The van der Waals surface area contributed by atoms with Crippen LogP contribution in [0.4, 0.5) is 11.4 Å². The molecule has 0 atom stereocenters. The van der Waals surface area contributed by atoms with Gasteiger partial charge in [-0.1, -0.05) is 25.7 Å². The Bertz CT molecular complexity index is 651. The Morgan fingerprint density at radius 1 is 1.24 bits per heavy atom. The minimum Gasteiger partial charge on any atom is -0.385 e. The number of non-ortho nitro benzene ring substituents is 1. The Balaban J connectivity index is 1.79. The van der Waals surface area contributed by atoms with Crippen molar-refractivity contribution in [2.75, 3.05) is 11.9 Å². The van der Waals surface area contributed by atoms with E-state index in [1.807, 2.05) is 6.07 Å². The number of nitro groups is 1. The minimum absolute atomic E-state index is 0.111. The molecule has 1 N–H and O–H groups in total. The summed E-state index contributed by atoms with van der Waals surface area (Å²) in [6.07, 6.45) is 9.81. The average molecular weight is 285 g/mol. The number of nitrogens with one attached hydrogen (secondary N) is 1. The van der Waals surface area contributed by atoms with Gasteiger partial charge in [0.25, 0.3) is 5.69 Å². The van der Waals surface area contributed by atoms with Crippen molar-refractivity contribution in [3.8, 4) is 0 Å². The number of pyridine rings is 1. The molecule has 0 unspecified atom stereocenters. The van der Waals surface area contributed by atoms with Gasteiger partial charge in [-0.05, 0) is 24.5 Å². The monoisotopic (exact) mass is 285 g/mol. The molecule has 0 bridgehead atoms. The zero-order valence-corrected chi connectivity index (χ0v) is 11.9. The second kappa shape index (κ2) is 6.08. The third-order valence-corrected chi connectivity index (χ3v) is 4.33. The molecule has 0 saturated heterocycles. The molecule has 0 aliphatic heterocycles. The summed E-state index contributed by atoms with van der Waals surface area (Å²) >= 11 is 0. The molecule has 1 aromatic heterocycles. The molecule has 0 radical (unpaired) electrons.